The molecule has 3 aromatic heterocycles. The van der Waals surface area contributed by atoms with Crippen molar-refractivity contribution in [2.24, 2.45) is 0 Å². The molecule has 0 spiro atoms. The third kappa shape index (κ3) is 5.68. The number of hydrogen-bond acceptors (Lipinski definition) is 10. The van der Waals surface area contributed by atoms with Gasteiger partial charge in [0.25, 0.3) is 0 Å². The molecule has 1 aliphatic rings. The van der Waals surface area contributed by atoms with Crippen LogP contribution >= 0.6 is 0 Å². The van der Waals surface area contributed by atoms with Gasteiger partial charge >= 0.3 is 12.1 Å². The molecule has 4 heterocycles. The van der Waals surface area contributed by atoms with Gasteiger partial charge in [0.05, 0.1) is 23.8 Å². The van der Waals surface area contributed by atoms with Gasteiger partial charge in [-0.15, -0.1) is 0 Å². The maximum atomic E-state index is 12.5. The fraction of sp³-hybridized carbons (Fsp3) is 0.240. The molecule has 1 amide bonds. The van der Waals surface area contributed by atoms with Gasteiger partial charge in [-0.25, -0.2) is 15.0 Å². The minimum absolute atomic E-state index is 0.0170. The molecule has 1 saturated heterocycles. The second-order valence-electron chi connectivity index (χ2n) is 8.80. The van der Waals surface area contributed by atoms with Crippen LogP contribution < -0.4 is 20.4 Å². The lowest BCUT2D eigenvalue weighted by molar-refractivity contribution is -0.174. The zero-order valence-electron chi connectivity index (χ0n) is 20.6. The second-order valence-corrected chi connectivity index (χ2v) is 8.80. The highest BCUT2D eigenvalue weighted by atomic mass is 19.4. The zero-order valence-corrected chi connectivity index (χ0v) is 20.6. The lowest BCUT2D eigenvalue weighted by atomic mass is 10.2. The third-order valence-electron chi connectivity index (χ3n) is 6.03. The molecule has 1 aromatic carbocycles. The SMILES string of the molecule is Cc1cnc(Nc2ccc(N3CCC(NC(=O)C(F)(F)F)C3)nc2)nc1N(c1cnco1)c1ccccc1O. The first-order valence-corrected chi connectivity index (χ1v) is 11.8. The van der Waals surface area contributed by atoms with Crippen LogP contribution in [0.2, 0.25) is 0 Å². The highest BCUT2D eigenvalue weighted by molar-refractivity contribution is 5.82. The molecule has 1 unspecified atom stereocenters. The molecule has 4 aromatic rings. The summed E-state index contributed by atoms with van der Waals surface area (Å²) in [6, 6.07) is 9.58. The monoisotopic (exact) mass is 540 g/mol. The van der Waals surface area contributed by atoms with Gasteiger partial charge < -0.3 is 25.1 Å². The van der Waals surface area contributed by atoms with Crippen molar-refractivity contribution in [1.82, 2.24) is 25.3 Å². The first kappa shape index (κ1) is 25.8. The van der Waals surface area contributed by atoms with E-state index in [1.807, 2.05) is 12.2 Å². The molecule has 1 atom stereocenters. The van der Waals surface area contributed by atoms with Crippen LogP contribution in [-0.4, -0.2) is 56.3 Å². The van der Waals surface area contributed by atoms with Crippen LogP contribution in [0.3, 0.4) is 0 Å². The van der Waals surface area contributed by atoms with E-state index in [1.165, 1.54) is 12.6 Å². The van der Waals surface area contributed by atoms with Crippen molar-refractivity contribution in [3.8, 4) is 5.75 Å². The topological polar surface area (TPSA) is 133 Å². The van der Waals surface area contributed by atoms with Crippen LogP contribution in [0.25, 0.3) is 0 Å². The molecule has 1 aliphatic heterocycles. The van der Waals surface area contributed by atoms with Crippen LogP contribution in [0.5, 0.6) is 5.75 Å². The van der Waals surface area contributed by atoms with Crippen molar-refractivity contribution < 1.29 is 27.5 Å². The fourth-order valence-corrected chi connectivity index (χ4v) is 4.16. The number of carbonyl (C=O) groups excluding carboxylic acids is 1. The molecule has 14 heteroatoms. The van der Waals surface area contributed by atoms with Gasteiger partial charge in [0.2, 0.25) is 11.8 Å². The Morgan fingerprint density at radius 3 is 2.67 bits per heavy atom. The van der Waals surface area contributed by atoms with Crippen LogP contribution in [0.1, 0.15) is 12.0 Å². The van der Waals surface area contributed by atoms with E-state index in [1.54, 1.807) is 58.6 Å². The molecular weight excluding hydrogens is 517 g/mol. The number of carbonyl (C=O) groups is 1. The van der Waals surface area contributed by atoms with E-state index in [2.05, 4.69) is 25.3 Å². The number of halogens is 3. The maximum absolute atomic E-state index is 12.5. The van der Waals surface area contributed by atoms with Gasteiger partial charge in [0.15, 0.2) is 6.39 Å². The number of hydrogen-bond donors (Lipinski definition) is 3. The Morgan fingerprint density at radius 1 is 1.15 bits per heavy atom. The van der Waals surface area contributed by atoms with Crippen molar-refractivity contribution in [3.05, 3.63) is 66.9 Å². The molecule has 0 radical (unpaired) electrons. The normalized spacial score (nSPS) is 15.3. The quantitative estimate of drug-likeness (QED) is 0.311. The van der Waals surface area contributed by atoms with Gasteiger partial charge in [-0.2, -0.15) is 18.2 Å². The molecular formula is C25H23F3N8O3. The summed E-state index contributed by atoms with van der Waals surface area (Å²) in [4.78, 5) is 32.0. The number of phenolic OH excluding ortho intramolecular Hbond substituents is 1. The third-order valence-corrected chi connectivity index (χ3v) is 6.03. The second kappa shape index (κ2) is 10.5. The summed E-state index contributed by atoms with van der Waals surface area (Å²) in [5.74, 6) is -0.330. The Morgan fingerprint density at radius 2 is 1.97 bits per heavy atom. The Bertz CT molecular complexity index is 1450. The van der Waals surface area contributed by atoms with Crippen molar-refractivity contribution in [3.63, 3.8) is 0 Å². The van der Waals surface area contributed by atoms with Crippen molar-refractivity contribution in [2.45, 2.75) is 25.6 Å². The lowest BCUT2D eigenvalue weighted by Crippen LogP contribution is -2.44. The smallest absolute Gasteiger partial charge is 0.471 e. The molecule has 3 N–H and O–H groups in total. The number of rotatable bonds is 7. The minimum atomic E-state index is -4.91. The average molecular weight is 541 g/mol. The number of nitrogens with one attached hydrogen (secondary N) is 2. The number of nitrogens with zero attached hydrogens (tertiary/aromatic N) is 6. The Kier molecular flexibility index (Phi) is 6.92. The van der Waals surface area contributed by atoms with Gasteiger partial charge in [-0.1, -0.05) is 12.1 Å². The largest absolute Gasteiger partial charge is 0.506 e. The highest BCUT2D eigenvalue weighted by Crippen LogP contribution is 2.39. The summed E-state index contributed by atoms with van der Waals surface area (Å²) in [5, 5.41) is 15.6. The predicted molar refractivity (Wildman–Crippen MR) is 136 cm³/mol. The number of anilines is 6. The number of amides is 1. The predicted octanol–water partition coefficient (Wildman–Crippen LogP) is 4.34. The van der Waals surface area contributed by atoms with E-state index < -0.39 is 18.1 Å². The summed E-state index contributed by atoms with van der Waals surface area (Å²) < 4.78 is 43.1. The van der Waals surface area contributed by atoms with Crippen LogP contribution in [0.4, 0.5) is 48.0 Å². The first-order valence-electron chi connectivity index (χ1n) is 11.8. The summed E-state index contributed by atoms with van der Waals surface area (Å²) in [6.45, 7) is 2.49. The first-order chi connectivity index (χ1) is 18.7. The zero-order chi connectivity index (χ0) is 27.6. The summed E-state index contributed by atoms with van der Waals surface area (Å²) in [7, 11) is 0. The van der Waals surface area contributed by atoms with E-state index in [0.717, 1.165) is 0 Å². The molecule has 5 rings (SSSR count). The van der Waals surface area contributed by atoms with E-state index in [0.29, 0.717) is 47.4 Å². The number of alkyl halides is 3. The highest BCUT2D eigenvalue weighted by Gasteiger charge is 2.40. The number of aryl methyl sites for hydroxylation is 1. The molecule has 1 fully saturated rings. The molecule has 39 heavy (non-hydrogen) atoms. The number of pyridine rings is 1. The van der Waals surface area contributed by atoms with Crippen molar-refractivity contribution >= 4 is 40.8 Å². The van der Waals surface area contributed by atoms with E-state index in [9.17, 15) is 23.1 Å². The van der Waals surface area contributed by atoms with Crippen LogP contribution in [0.15, 0.2) is 65.8 Å². The summed E-state index contributed by atoms with van der Waals surface area (Å²) in [5.41, 5.74) is 1.71. The summed E-state index contributed by atoms with van der Waals surface area (Å²) in [6.07, 6.45) is 1.41. The Hall–Kier alpha value is -4.88. The maximum Gasteiger partial charge on any atom is 0.471 e. The standard InChI is InChI=1S/C25H23F3N8O3/c1-15-10-31-24(34-22(15)36(21-12-29-14-39-21)18-4-2-3-5-19(18)37)33-16-6-7-20(30-11-16)35-9-8-17(13-35)32-23(38)25(26,27)28/h2-7,10-12,14,17,37H,8-9,13H2,1H3,(H,32,38)(H,31,33,34). The van der Waals surface area contributed by atoms with E-state index >= 15 is 0 Å². The van der Waals surface area contributed by atoms with E-state index in [-0.39, 0.29) is 18.2 Å². The Balaban J connectivity index is 1.32. The fourth-order valence-electron chi connectivity index (χ4n) is 4.16. The number of phenols is 1. The Labute approximate surface area is 220 Å². The molecule has 0 saturated carbocycles. The number of oxazole rings is 1. The molecule has 0 bridgehead atoms. The number of aromatic hydroxyl groups is 1. The van der Waals surface area contributed by atoms with Crippen molar-refractivity contribution in [1.29, 1.82) is 0 Å². The van der Waals surface area contributed by atoms with Crippen LogP contribution in [0, 0.1) is 6.92 Å². The lowest BCUT2D eigenvalue weighted by Gasteiger charge is -2.23. The number of benzene rings is 1. The summed E-state index contributed by atoms with van der Waals surface area (Å²) >= 11 is 0. The molecule has 202 valence electrons. The van der Waals surface area contributed by atoms with Crippen LogP contribution in [-0.2, 0) is 4.79 Å². The van der Waals surface area contributed by atoms with Crippen molar-refractivity contribution in [2.75, 3.05) is 28.2 Å². The van der Waals surface area contributed by atoms with E-state index in [4.69, 9.17) is 4.42 Å². The van der Waals surface area contributed by atoms with Gasteiger partial charge in [-0.05, 0) is 37.6 Å². The van der Waals surface area contributed by atoms with Gasteiger partial charge in [0.1, 0.15) is 17.4 Å². The minimum Gasteiger partial charge on any atom is -0.506 e. The average Bonchev–Trinajstić information content (AvgIpc) is 3.60. The molecule has 0 aliphatic carbocycles. The number of aromatic nitrogens is 4. The van der Waals surface area contributed by atoms with Gasteiger partial charge in [-0.3, -0.25) is 9.69 Å². The molecule has 11 nitrogen and oxygen atoms in total. The van der Waals surface area contributed by atoms with Gasteiger partial charge in [0, 0.05) is 30.9 Å². The number of para-hydroxylation sites is 2.